The fourth-order valence-corrected chi connectivity index (χ4v) is 4.28. The van der Waals surface area contributed by atoms with Crippen LogP contribution in [-0.4, -0.2) is 44.8 Å². The van der Waals surface area contributed by atoms with Gasteiger partial charge < -0.3 is 10.0 Å². The minimum absolute atomic E-state index is 0.0673. The largest absolute Gasteiger partial charge is 0.389 e. The summed E-state index contributed by atoms with van der Waals surface area (Å²) >= 11 is 0. The minimum atomic E-state index is -0.460. The Morgan fingerprint density at radius 2 is 1.92 bits per heavy atom. The summed E-state index contributed by atoms with van der Waals surface area (Å²) in [7, 11) is 0. The van der Waals surface area contributed by atoms with Crippen LogP contribution in [0, 0.1) is 5.92 Å². The van der Waals surface area contributed by atoms with Gasteiger partial charge in [0.2, 0.25) is 0 Å². The topological polar surface area (TPSA) is 58.4 Å². The van der Waals surface area contributed by atoms with Crippen LogP contribution >= 0.6 is 0 Å². The summed E-state index contributed by atoms with van der Waals surface area (Å²) in [6.45, 7) is 7.76. The molecule has 140 valence electrons. The molecule has 2 aliphatic rings. The lowest BCUT2D eigenvalue weighted by atomic mass is 9.84. The first-order valence-electron chi connectivity index (χ1n) is 9.96. The molecule has 0 spiro atoms. The fraction of sp³-hybridized carbons (Fsp3) is 0.800. The van der Waals surface area contributed by atoms with Gasteiger partial charge in [0, 0.05) is 19.2 Å². The van der Waals surface area contributed by atoms with E-state index in [9.17, 15) is 9.90 Å². The third-order valence-corrected chi connectivity index (χ3v) is 5.96. The lowest BCUT2D eigenvalue weighted by molar-refractivity contribution is -0.0331. The van der Waals surface area contributed by atoms with Gasteiger partial charge in [0.15, 0.2) is 0 Å². The smallest absolute Gasteiger partial charge is 0.253 e. The monoisotopic (exact) mass is 347 g/mol. The van der Waals surface area contributed by atoms with E-state index in [0.29, 0.717) is 5.92 Å². The quantitative estimate of drug-likeness (QED) is 0.890. The molecule has 1 aliphatic carbocycles. The number of nitrogens with zero attached hydrogens (tertiary/aromatic N) is 3. The van der Waals surface area contributed by atoms with Gasteiger partial charge in [-0.2, -0.15) is 0 Å². The highest BCUT2D eigenvalue weighted by molar-refractivity contribution is 5.04. The van der Waals surface area contributed by atoms with Crippen molar-refractivity contribution in [2.24, 2.45) is 5.92 Å². The van der Waals surface area contributed by atoms with Crippen molar-refractivity contribution in [3.05, 3.63) is 28.4 Å². The van der Waals surface area contributed by atoms with Gasteiger partial charge in [0.25, 0.3) is 5.56 Å². The van der Waals surface area contributed by atoms with E-state index in [0.717, 1.165) is 70.4 Å². The van der Waals surface area contributed by atoms with E-state index in [1.165, 1.54) is 6.42 Å². The molecular weight excluding hydrogens is 314 g/mol. The second-order valence-electron chi connectivity index (χ2n) is 8.46. The van der Waals surface area contributed by atoms with Crippen molar-refractivity contribution >= 4 is 0 Å². The molecule has 2 heterocycles. The van der Waals surface area contributed by atoms with E-state index in [1.54, 1.807) is 17.0 Å². The van der Waals surface area contributed by atoms with E-state index in [1.807, 2.05) is 0 Å². The van der Waals surface area contributed by atoms with Gasteiger partial charge in [-0.1, -0.05) is 33.1 Å². The van der Waals surface area contributed by atoms with E-state index in [4.69, 9.17) is 0 Å². The molecule has 3 rings (SSSR count). The molecule has 1 N–H and O–H groups in total. The van der Waals surface area contributed by atoms with Crippen molar-refractivity contribution in [1.82, 2.24) is 14.5 Å². The van der Waals surface area contributed by atoms with E-state index in [2.05, 4.69) is 23.7 Å². The van der Waals surface area contributed by atoms with Crippen molar-refractivity contribution in [2.45, 2.75) is 76.9 Å². The van der Waals surface area contributed by atoms with E-state index < -0.39 is 5.60 Å². The summed E-state index contributed by atoms with van der Waals surface area (Å²) in [6, 6.07) is 1.68. The Morgan fingerprint density at radius 3 is 2.52 bits per heavy atom. The maximum atomic E-state index is 12.3. The first-order valence-corrected chi connectivity index (χ1v) is 9.96. The first kappa shape index (κ1) is 18.6. The number of piperidine rings is 1. The molecule has 1 saturated carbocycles. The molecule has 0 aromatic carbocycles. The van der Waals surface area contributed by atoms with E-state index in [-0.39, 0.29) is 11.5 Å². The number of rotatable bonds is 5. The highest BCUT2D eigenvalue weighted by Gasteiger charge is 2.32. The molecule has 1 aromatic rings. The lowest BCUT2D eigenvalue weighted by Gasteiger charge is -2.40. The van der Waals surface area contributed by atoms with Crippen molar-refractivity contribution in [3.63, 3.8) is 0 Å². The van der Waals surface area contributed by atoms with Gasteiger partial charge in [-0.15, -0.1) is 0 Å². The molecule has 5 heteroatoms. The Labute approximate surface area is 151 Å². The van der Waals surface area contributed by atoms with E-state index >= 15 is 0 Å². The average Bonchev–Trinajstić information content (AvgIpc) is 2.58. The summed E-state index contributed by atoms with van der Waals surface area (Å²) in [6.07, 6.45) is 9.40. The molecule has 0 bridgehead atoms. The van der Waals surface area contributed by atoms with Crippen LogP contribution in [0.2, 0.25) is 0 Å². The molecule has 1 aromatic heterocycles. The van der Waals surface area contributed by atoms with Gasteiger partial charge in [0.05, 0.1) is 17.6 Å². The second-order valence-corrected chi connectivity index (χ2v) is 8.46. The molecule has 0 radical (unpaired) electrons. The maximum absolute atomic E-state index is 12.3. The Hall–Kier alpha value is -1.20. The Bertz CT molecular complexity index is 612. The highest BCUT2D eigenvalue weighted by atomic mass is 16.3. The van der Waals surface area contributed by atoms with Gasteiger partial charge in [0.1, 0.15) is 0 Å². The van der Waals surface area contributed by atoms with Crippen LogP contribution in [0.25, 0.3) is 0 Å². The molecule has 25 heavy (non-hydrogen) atoms. The third kappa shape index (κ3) is 4.91. The maximum Gasteiger partial charge on any atom is 0.253 e. The number of likely N-dealkylation sites (tertiary alicyclic amines) is 1. The third-order valence-electron chi connectivity index (χ3n) is 5.96. The van der Waals surface area contributed by atoms with Crippen LogP contribution in [0.15, 0.2) is 17.2 Å². The molecule has 5 nitrogen and oxygen atoms in total. The Morgan fingerprint density at radius 1 is 1.24 bits per heavy atom. The van der Waals surface area contributed by atoms with Gasteiger partial charge in [-0.25, -0.2) is 4.98 Å². The van der Waals surface area contributed by atoms with Crippen LogP contribution in [-0.2, 0) is 6.54 Å². The average molecular weight is 348 g/mol. The molecule has 1 aliphatic heterocycles. The number of hydrogen-bond donors (Lipinski definition) is 1. The predicted octanol–water partition coefficient (Wildman–Crippen LogP) is 2.77. The fourth-order valence-electron chi connectivity index (χ4n) is 4.28. The SMILES string of the molecule is CC(C)c1cc(=O)n(CC2CCN(CC3(O)CCCCC3)CC2)cn1. The number of aromatic nitrogens is 2. The Balaban J connectivity index is 1.50. The number of β-amino-alcohol motifs (C(OH)–C–C–N with tert-alkyl or cyclic N) is 1. The van der Waals surface area contributed by atoms with Crippen LogP contribution in [0.1, 0.15) is 70.4 Å². The minimum Gasteiger partial charge on any atom is -0.389 e. The predicted molar refractivity (Wildman–Crippen MR) is 99.8 cm³/mol. The van der Waals surface area contributed by atoms with Crippen LogP contribution in [0.5, 0.6) is 0 Å². The Kier molecular flexibility index (Phi) is 5.95. The standard InChI is InChI=1S/C20H33N3O2/c1-16(2)18-12-19(24)23(15-21-18)13-17-6-10-22(11-7-17)14-20(25)8-4-3-5-9-20/h12,15-17,25H,3-11,13-14H2,1-2H3. The summed E-state index contributed by atoms with van der Waals surface area (Å²) in [5, 5.41) is 10.7. The molecule has 1 saturated heterocycles. The zero-order chi connectivity index (χ0) is 17.9. The van der Waals surface area contributed by atoms with Crippen molar-refractivity contribution in [1.29, 1.82) is 0 Å². The molecule has 0 atom stereocenters. The van der Waals surface area contributed by atoms with Crippen LogP contribution in [0.3, 0.4) is 0 Å². The summed E-state index contributed by atoms with van der Waals surface area (Å²) in [5.74, 6) is 0.817. The normalized spacial score (nSPS) is 22.4. The van der Waals surface area contributed by atoms with Gasteiger partial charge in [-0.3, -0.25) is 9.36 Å². The summed E-state index contributed by atoms with van der Waals surface area (Å²) in [4.78, 5) is 19.1. The van der Waals surface area contributed by atoms with Crippen molar-refractivity contribution in [2.75, 3.05) is 19.6 Å². The zero-order valence-corrected chi connectivity index (χ0v) is 15.8. The number of aliphatic hydroxyl groups is 1. The summed E-state index contributed by atoms with van der Waals surface area (Å²) in [5.41, 5.74) is 0.480. The number of hydrogen-bond acceptors (Lipinski definition) is 4. The summed E-state index contributed by atoms with van der Waals surface area (Å²) < 4.78 is 1.76. The van der Waals surface area contributed by atoms with Crippen molar-refractivity contribution in [3.8, 4) is 0 Å². The van der Waals surface area contributed by atoms with Gasteiger partial charge >= 0.3 is 0 Å². The lowest BCUT2D eigenvalue weighted by Crippen LogP contribution is -2.47. The second kappa shape index (κ2) is 8.00. The van der Waals surface area contributed by atoms with Crippen LogP contribution in [0.4, 0.5) is 0 Å². The molecular formula is C20H33N3O2. The van der Waals surface area contributed by atoms with Gasteiger partial charge in [-0.05, 0) is 50.6 Å². The molecule has 0 amide bonds. The molecule has 0 unspecified atom stereocenters. The van der Waals surface area contributed by atoms with Crippen molar-refractivity contribution < 1.29 is 5.11 Å². The highest BCUT2D eigenvalue weighted by Crippen LogP contribution is 2.30. The van der Waals surface area contributed by atoms with Crippen LogP contribution < -0.4 is 5.56 Å². The first-order chi connectivity index (χ1) is 12.0. The molecule has 2 fully saturated rings. The zero-order valence-electron chi connectivity index (χ0n) is 15.8.